The Kier molecular flexibility index (Phi) is 4.17. The summed E-state index contributed by atoms with van der Waals surface area (Å²) < 4.78 is 32.1. The maximum absolute atomic E-state index is 12.3. The molecule has 1 heterocycles. The summed E-state index contributed by atoms with van der Waals surface area (Å²) in [5.41, 5.74) is 2.06. The van der Waals surface area contributed by atoms with Gasteiger partial charge in [0.15, 0.2) is 0 Å². The van der Waals surface area contributed by atoms with Crippen molar-refractivity contribution in [1.29, 1.82) is 0 Å². The van der Waals surface area contributed by atoms with Crippen molar-refractivity contribution in [1.82, 2.24) is 9.88 Å². The van der Waals surface area contributed by atoms with E-state index >= 15 is 0 Å². The lowest BCUT2D eigenvalue weighted by Crippen LogP contribution is -2.24. The predicted octanol–water partition coefficient (Wildman–Crippen LogP) is 2.73. The van der Waals surface area contributed by atoms with Crippen LogP contribution in [-0.2, 0) is 16.6 Å². The number of sulfonamides is 1. The van der Waals surface area contributed by atoms with E-state index in [0.29, 0.717) is 22.0 Å². The normalized spacial score (nSPS) is 11.8. The van der Waals surface area contributed by atoms with Crippen LogP contribution < -0.4 is 4.72 Å². The van der Waals surface area contributed by atoms with E-state index in [1.54, 1.807) is 32.9 Å². The second-order valence-electron chi connectivity index (χ2n) is 4.54. The highest BCUT2D eigenvalue weighted by Gasteiger charge is 2.19. The molecule has 1 N–H and O–H groups in total. The van der Waals surface area contributed by atoms with Crippen LogP contribution >= 0.6 is 11.6 Å². The number of nitrogens with zero attached hydrogens (tertiary/aromatic N) is 1. The van der Waals surface area contributed by atoms with Gasteiger partial charge in [-0.1, -0.05) is 22.8 Å². The van der Waals surface area contributed by atoms with E-state index in [0.717, 1.165) is 5.56 Å². The Hall–Kier alpha value is -1.37. The van der Waals surface area contributed by atoms with E-state index in [9.17, 15) is 8.42 Å². The predicted molar refractivity (Wildman–Crippen MR) is 76.2 cm³/mol. The maximum atomic E-state index is 12.3. The minimum atomic E-state index is -3.63. The third-order valence-electron chi connectivity index (χ3n) is 3.06. The summed E-state index contributed by atoms with van der Waals surface area (Å²) in [6.07, 6.45) is 0. The standard InChI is InChI=1S/C13H15ClN2O3S/c1-8-4-5-11(14)6-13(8)20(17,18)15-7-12-9(2)16-19-10(12)3/h4-6,15H,7H2,1-3H3. The van der Waals surface area contributed by atoms with Crippen LogP contribution in [0.4, 0.5) is 0 Å². The largest absolute Gasteiger partial charge is 0.361 e. The first kappa shape index (κ1) is 15.0. The van der Waals surface area contributed by atoms with Gasteiger partial charge in [0.05, 0.1) is 10.6 Å². The van der Waals surface area contributed by atoms with Crippen molar-refractivity contribution in [2.45, 2.75) is 32.2 Å². The lowest BCUT2D eigenvalue weighted by Gasteiger charge is -2.09. The van der Waals surface area contributed by atoms with Gasteiger partial charge in [0, 0.05) is 17.1 Å². The van der Waals surface area contributed by atoms with Crippen molar-refractivity contribution in [3.05, 3.63) is 45.8 Å². The molecule has 0 saturated heterocycles. The van der Waals surface area contributed by atoms with Crippen LogP contribution in [0.5, 0.6) is 0 Å². The molecule has 0 fully saturated rings. The molecule has 1 aromatic heterocycles. The molecule has 20 heavy (non-hydrogen) atoms. The molecule has 108 valence electrons. The first-order valence-corrected chi connectivity index (χ1v) is 7.85. The molecular formula is C13H15ClN2O3S. The zero-order valence-electron chi connectivity index (χ0n) is 11.4. The molecule has 0 atom stereocenters. The molecule has 2 aromatic rings. The summed E-state index contributed by atoms with van der Waals surface area (Å²) in [6, 6.07) is 4.77. The van der Waals surface area contributed by atoms with Gasteiger partial charge < -0.3 is 4.52 Å². The topological polar surface area (TPSA) is 72.2 Å². The monoisotopic (exact) mass is 314 g/mol. The zero-order valence-corrected chi connectivity index (χ0v) is 13.0. The highest BCUT2D eigenvalue weighted by atomic mass is 35.5. The summed E-state index contributed by atoms with van der Waals surface area (Å²) in [5, 5.41) is 4.17. The van der Waals surface area contributed by atoms with Crippen molar-refractivity contribution >= 4 is 21.6 Å². The molecular weight excluding hydrogens is 300 g/mol. The Morgan fingerprint density at radius 3 is 2.60 bits per heavy atom. The Labute approximate surface area is 123 Å². The van der Waals surface area contributed by atoms with Crippen molar-refractivity contribution in [2.24, 2.45) is 0 Å². The van der Waals surface area contributed by atoms with Crippen LogP contribution in [0.15, 0.2) is 27.6 Å². The Bertz CT molecular complexity index is 719. The molecule has 0 radical (unpaired) electrons. The van der Waals surface area contributed by atoms with Gasteiger partial charge in [-0.25, -0.2) is 13.1 Å². The number of halogens is 1. The van der Waals surface area contributed by atoms with Crippen LogP contribution in [0.1, 0.15) is 22.6 Å². The van der Waals surface area contributed by atoms with Gasteiger partial charge in [0.2, 0.25) is 10.0 Å². The second-order valence-corrected chi connectivity index (χ2v) is 6.71. The molecule has 0 spiro atoms. The van der Waals surface area contributed by atoms with Gasteiger partial charge in [-0.05, 0) is 38.5 Å². The summed E-state index contributed by atoms with van der Waals surface area (Å²) in [6.45, 7) is 5.37. The summed E-state index contributed by atoms with van der Waals surface area (Å²) in [7, 11) is -3.63. The van der Waals surface area contributed by atoms with E-state index in [4.69, 9.17) is 16.1 Å². The first-order chi connectivity index (χ1) is 9.31. The van der Waals surface area contributed by atoms with Gasteiger partial charge in [0.1, 0.15) is 5.76 Å². The SMILES string of the molecule is Cc1ccc(Cl)cc1S(=O)(=O)NCc1c(C)noc1C. The van der Waals surface area contributed by atoms with Gasteiger partial charge in [-0.15, -0.1) is 0 Å². The second kappa shape index (κ2) is 5.55. The van der Waals surface area contributed by atoms with E-state index in [2.05, 4.69) is 9.88 Å². The molecule has 7 heteroatoms. The molecule has 0 amide bonds. The lowest BCUT2D eigenvalue weighted by molar-refractivity contribution is 0.392. The number of aryl methyl sites for hydroxylation is 3. The fraction of sp³-hybridized carbons (Fsp3) is 0.308. The molecule has 0 saturated carbocycles. The van der Waals surface area contributed by atoms with Gasteiger partial charge in [-0.2, -0.15) is 0 Å². The summed E-state index contributed by atoms with van der Waals surface area (Å²) in [4.78, 5) is 0.178. The Morgan fingerprint density at radius 1 is 1.30 bits per heavy atom. The maximum Gasteiger partial charge on any atom is 0.241 e. The van der Waals surface area contributed by atoms with Crippen LogP contribution in [0.25, 0.3) is 0 Å². The smallest absolute Gasteiger partial charge is 0.241 e. The number of aromatic nitrogens is 1. The van der Waals surface area contributed by atoms with E-state index in [1.165, 1.54) is 6.07 Å². The molecule has 5 nitrogen and oxygen atoms in total. The number of hydrogen-bond donors (Lipinski definition) is 1. The van der Waals surface area contributed by atoms with Gasteiger partial charge in [0.25, 0.3) is 0 Å². The first-order valence-electron chi connectivity index (χ1n) is 5.99. The molecule has 0 bridgehead atoms. The van der Waals surface area contributed by atoms with Crippen LogP contribution in [0, 0.1) is 20.8 Å². The number of rotatable bonds is 4. The summed E-state index contributed by atoms with van der Waals surface area (Å²) >= 11 is 5.86. The highest BCUT2D eigenvalue weighted by Crippen LogP contribution is 2.21. The lowest BCUT2D eigenvalue weighted by atomic mass is 10.2. The molecule has 0 aliphatic rings. The quantitative estimate of drug-likeness (QED) is 0.941. The highest BCUT2D eigenvalue weighted by molar-refractivity contribution is 7.89. The van der Waals surface area contributed by atoms with E-state index in [1.807, 2.05) is 0 Å². The van der Waals surface area contributed by atoms with Crippen molar-refractivity contribution in [3.8, 4) is 0 Å². The summed E-state index contributed by atoms with van der Waals surface area (Å²) in [5.74, 6) is 0.605. The number of hydrogen-bond acceptors (Lipinski definition) is 4. The third kappa shape index (κ3) is 3.03. The average Bonchev–Trinajstić information content (AvgIpc) is 2.69. The van der Waals surface area contributed by atoms with Crippen molar-refractivity contribution < 1.29 is 12.9 Å². The fourth-order valence-electron chi connectivity index (χ4n) is 1.86. The molecule has 0 unspecified atom stereocenters. The molecule has 0 aliphatic heterocycles. The zero-order chi connectivity index (χ0) is 14.9. The van der Waals surface area contributed by atoms with Crippen molar-refractivity contribution in [3.63, 3.8) is 0 Å². The van der Waals surface area contributed by atoms with E-state index < -0.39 is 10.0 Å². The van der Waals surface area contributed by atoms with E-state index in [-0.39, 0.29) is 11.4 Å². The van der Waals surface area contributed by atoms with Crippen LogP contribution in [0.2, 0.25) is 5.02 Å². The fourth-order valence-corrected chi connectivity index (χ4v) is 3.36. The molecule has 2 rings (SSSR count). The van der Waals surface area contributed by atoms with Gasteiger partial charge >= 0.3 is 0 Å². The minimum Gasteiger partial charge on any atom is -0.361 e. The molecule has 0 aliphatic carbocycles. The molecule has 1 aromatic carbocycles. The van der Waals surface area contributed by atoms with Gasteiger partial charge in [-0.3, -0.25) is 0 Å². The van der Waals surface area contributed by atoms with Crippen LogP contribution in [-0.4, -0.2) is 13.6 Å². The number of benzene rings is 1. The Morgan fingerprint density at radius 2 is 2.00 bits per heavy atom. The Balaban J connectivity index is 2.26. The average molecular weight is 315 g/mol. The van der Waals surface area contributed by atoms with Crippen LogP contribution in [0.3, 0.4) is 0 Å². The third-order valence-corrected chi connectivity index (χ3v) is 4.84. The number of nitrogens with one attached hydrogen (secondary N) is 1. The minimum absolute atomic E-state index is 0.134. The van der Waals surface area contributed by atoms with Crippen molar-refractivity contribution in [2.75, 3.05) is 0 Å².